The monoisotopic (exact) mass is 331 g/mol. The van der Waals surface area contributed by atoms with Crippen molar-refractivity contribution in [2.45, 2.75) is 0 Å². The number of methoxy groups -OCH3 is 3. The molecule has 6 heteroatoms. The van der Waals surface area contributed by atoms with E-state index < -0.39 is 0 Å². The van der Waals surface area contributed by atoms with Gasteiger partial charge in [-0.15, -0.1) is 0 Å². The van der Waals surface area contributed by atoms with Gasteiger partial charge in [0.25, 0.3) is 5.91 Å². The summed E-state index contributed by atoms with van der Waals surface area (Å²) in [7, 11) is 4.65. The van der Waals surface area contributed by atoms with Gasteiger partial charge < -0.3 is 24.3 Å². The highest BCUT2D eigenvalue weighted by Gasteiger charge is 2.12. The lowest BCUT2D eigenvalue weighted by Gasteiger charge is -2.14. The molecule has 24 heavy (non-hydrogen) atoms. The predicted molar refractivity (Wildman–Crippen MR) is 90.4 cm³/mol. The zero-order valence-electron chi connectivity index (χ0n) is 14.0. The number of rotatable bonds is 8. The highest BCUT2D eigenvalue weighted by Crippen LogP contribution is 2.36. The van der Waals surface area contributed by atoms with Gasteiger partial charge in [0, 0.05) is 0 Å². The van der Waals surface area contributed by atoms with Crippen LogP contribution in [-0.4, -0.2) is 40.4 Å². The molecule has 0 saturated heterocycles. The van der Waals surface area contributed by atoms with Crippen LogP contribution in [0.4, 0.5) is 0 Å². The third-order valence-electron chi connectivity index (χ3n) is 3.36. The van der Waals surface area contributed by atoms with E-state index >= 15 is 0 Å². The predicted octanol–water partition coefficient (Wildman–Crippen LogP) is 2.52. The third-order valence-corrected chi connectivity index (χ3v) is 3.36. The normalized spacial score (nSPS) is 9.96. The number of benzene rings is 2. The van der Waals surface area contributed by atoms with E-state index in [9.17, 15) is 4.79 Å². The number of carbonyl (C=O) groups excluding carboxylic acids is 1. The van der Waals surface area contributed by atoms with Crippen molar-refractivity contribution in [1.82, 2.24) is 5.32 Å². The van der Waals surface area contributed by atoms with Crippen LogP contribution in [0, 0.1) is 0 Å². The van der Waals surface area contributed by atoms with Crippen molar-refractivity contribution >= 4 is 5.91 Å². The van der Waals surface area contributed by atoms with Gasteiger partial charge in [-0.3, -0.25) is 4.79 Å². The van der Waals surface area contributed by atoms with Crippen LogP contribution in [0.3, 0.4) is 0 Å². The molecular formula is C18H21NO5. The molecular weight excluding hydrogens is 310 g/mol. The maximum atomic E-state index is 12.2. The number of ether oxygens (including phenoxy) is 4. The molecule has 0 unspecified atom stereocenters. The third kappa shape index (κ3) is 4.10. The molecule has 2 rings (SSSR count). The van der Waals surface area contributed by atoms with Crippen LogP contribution in [-0.2, 0) is 0 Å². The van der Waals surface area contributed by atoms with E-state index in [1.165, 1.54) is 7.11 Å². The standard InChI is InChI=1S/C18H21NO5/c1-21-14-8-5-4-7-13(14)18(20)19-11-12-24-16-10-6-9-15(22-2)17(16)23-3/h4-10H,11-12H2,1-3H3,(H,19,20). The minimum absolute atomic E-state index is 0.214. The van der Waals surface area contributed by atoms with Gasteiger partial charge in [-0.25, -0.2) is 0 Å². The van der Waals surface area contributed by atoms with Gasteiger partial charge in [0.15, 0.2) is 11.5 Å². The van der Waals surface area contributed by atoms with Gasteiger partial charge >= 0.3 is 0 Å². The van der Waals surface area contributed by atoms with Gasteiger partial charge in [-0.1, -0.05) is 18.2 Å². The lowest BCUT2D eigenvalue weighted by atomic mass is 10.2. The van der Waals surface area contributed by atoms with Crippen molar-refractivity contribution in [3.05, 3.63) is 48.0 Å². The molecule has 1 amide bonds. The molecule has 0 aliphatic carbocycles. The Bertz CT molecular complexity index is 687. The molecule has 2 aromatic carbocycles. The van der Waals surface area contributed by atoms with E-state index in [1.54, 1.807) is 44.6 Å². The molecule has 0 heterocycles. The van der Waals surface area contributed by atoms with Gasteiger partial charge in [-0.05, 0) is 24.3 Å². The zero-order valence-corrected chi connectivity index (χ0v) is 14.0. The minimum atomic E-state index is -0.214. The summed E-state index contributed by atoms with van der Waals surface area (Å²) in [5.41, 5.74) is 0.485. The largest absolute Gasteiger partial charge is 0.496 e. The summed E-state index contributed by atoms with van der Waals surface area (Å²) in [5.74, 6) is 1.99. The first-order valence-corrected chi connectivity index (χ1v) is 7.46. The van der Waals surface area contributed by atoms with Gasteiger partial charge in [-0.2, -0.15) is 0 Å². The molecule has 0 atom stereocenters. The van der Waals surface area contributed by atoms with Gasteiger partial charge in [0.1, 0.15) is 12.4 Å². The Morgan fingerprint density at radius 3 is 2.25 bits per heavy atom. The molecule has 0 bridgehead atoms. The topological polar surface area (TPSA) is 66.0 Å². The van der Waals surface area contributed by atoms with E-state index in [0.717, 1.165) is 0 Å². The SMILES string of the molecule is COc1ccccc1C(=O)NCCOc1cccc(OC)c1OC. The molecule has 128 valence electrons. The van der Waals surface area contributed by atoms with Crippen LogP contribution in [0.1, 0.15) is 10.4 Å². The molecule has 0 aliphatic rings. The first kappa shape index (κ1) is 17.5. The Morgan fingerprint density at radius 1 is 0.875 bits per heavy atom. The van der Waals surface area contributed by atoms with Crippen LogP contribution >= 0.6 is 0 Å². The first-order valence-electron chi connectivity index (χ1n) is 7.46. The second-order valence-corrected chi connectivity index (χ2v) is 4.80. The molecule has 6 nitrogen and oxygen atoms in total. The Morgan fingerprint density at radius 2 is 1.54 bits per heavy atom. The van der Waals surface area contributed by atoms with Crippen LogP contribution in [0.15, 0.2) is 42.5 Å². The van der Waals surface area contributed by atoms with Crippen molar-refractivity contribution in [2.24, 2.45) is 0 Å². The lowest BCUT2D eigenvalue weighted by Crippen LogP contribution is -2.28. The van der Waals surface area contributed by atoms with Crippen molar-refractivity contribution < 1.29 is 23.7 Å². The van der Waals surface area contributed by atoms with Crippen molar-refractivity contribution in [2.75, 3.05) is 34.5 Å². The van der Waals surface area contributed by atoms with Gasteiger partial charge in [0.2, 0.25) is 5.75 Å². The second-order valence-electron chi connectivity index (χ2n) is 4.80. The van der Waals surface area contributed by atoms with Gasteiger partial charge in [0.05, 0.1) is 33.4 Å². The van der Waals surface area contributed by atoms with E-state index in [4.69, 9.17) is 18.9 Å². The fourth-order valence-electron chi connectivity index (χ4n) is 2.22. The van der Waals surface area contributed by atoms with Crippen molar-refractivity contribution in [3.63, 3.8) is 0 Å². The fourth-order valence-corrected chi connectivity index (χ4v) is 2.22. The number of hydrogen-bond donors (Lipinski definition) is 1. The smallest absolute Gasteiger partial charge is 0.255 e. The summed E-state index contributed by atoms with van der Waals surface area (Å²) < 4.78 is 21.3. The molecule has 0 radical (unpaired) electrons. The lowest BCUT2D eigenvalue weighted by molar-refractivity contribution is 0.0943. The number of amides is 1. The average Bonchev–Trinajstić information content (AvgIpc) is 2.64. The summed E-state index contributed by atoms with van der Waals surface area (Å²) in [6.07, 6.45) is 0. The highest BCUT2D eigenvalue weighted by atomic mass is 16.5. The number of carbonyl (C=O) groups is 1. The van der Waals surface area contributed by atoms with E-state index in [1.807, 2.05) is 12.1 Å². The van der Waals surface area contributed by atoms with Crippen molar-refractivity contribution in [1.29, 1.82) is 0 Å². The summed E-state index contributed by atoms with van der Waals surface area (Å²) in [5, 5.41) is 2.79. The minimum Gasteiger partial charge on any atom is -0.496 e. The number of nitrogens with one attached hydrogen (secondary N) is 1. The maximum absolute atomic E-state index is 12.2. The molecule has 0 aliphatic heterocycles. The summed E-state index contributed by atoms with van der Waals surface area (Å²) in [6.45, 7) is 0.641. The molecule has 0 aromatic heterocycles. The van der Waals surface area contributed by atoms with Crippen LogP contribution in [0.5, 0.6) is 23.0 Å². The maximum Gasteiger partial charge on any atom is 0.255 e. The summed E-state index contributed by atoms with van der Waals surface area (Å²) in [4.78, 5) is 12.2. The van der Waals surface area contributed by atoms with Crippen molar-refractivity contribution in [3.8, 4) is 23.0 Å². The molecule has 0 saturated carbocycles. The van der Waals surface area contributed by atoms with Crippen LogP contribution in [0.25, 0.3) is 0 Å². The molecule has 0 spiro atoms. The molecule has 2 aromatic rings. The quantitative estimate of drug-likeness (QED) is 0.753. The first-order chi connectivity index (χ1) is 11.7. The average molecular weight is 331 g/mol. The van der Waals surface area contributed by atoms with Crippen LogP contribution < -0.4 is 24.3 Å². The van der Waals surface area contributed by atoms with E-state index in [2.05, 4.69) is 5.32 Å². The van der Waals surface area contributed by atoms with E-state index in [-0.39, 0.29) is 5.91 Å². The Kier molecular flexibility index (Phi) is 6.31. The molecule has 1 N–H and O–H groups in total. The second kappa shape index (κ2) is 8.67. The zero-order chi connectivity index (χ0) is 17.4. The number of para-hydroxylation sites is 2. The highest BCUT2D eigenvalue weighted by molar-refractivity contribution is 5.96. The summed E-state index contributed by atoms with van der Waals surface area (Å²) >= 11 is 0. The fraction of sp³-hybridized carbons (Fsp3) is 0.278. The summed E-state index contributed by atoms with van der Waals surface area (Å²) in [6, 6.07) is 12.4. The Labute approximate surface area is 141 Å². The number of hydrogen-bond acceptors (Lipinski definition) is 5. The van der Waals surface area contributed by atoms with Crippen LogP contribution in [0.2, 0.25) is 0 Å². The van der Waals surface area contributed by atoms with E-state index in [0.29, 0.717) is 41.7 Å². The molecule has 0 fully saturated rings. The Balaban J connectivity index is 1.90. The Hall–Kier alpha value is -2.89.